The van der Waals surface area contributed by atoms with Gasteiger partial charge in [0.05, 0.1) is 13.7 Å². The van der Waals surface area contributed by atoms with Crippen molar-refractivity contribution in [2.75, 3.05) is 13.7 Å². The van der Waals surface area contributed by atoms with Gasteiger partial charge in [-0.25, -0.2) is 4.98 Å². The van der Waals surface area contributed by atoms with Crippen LogP contribution in [0.25, 0.3) is 10.8 Å². The second kappa shape index (κ2) is 4.34. The highest BCUT2D eigenvalue weighted by Gasteiger charge is 2.20. The van der Waals surface area contributed by atoms with Crippen molar-refractivity contribution in [1.82, 2.24) is 4.98 Å². The molecule has 0 aliphatic heterocycles. The molecule has 0 atom stereocenters. The van der Waals surface area contributed by atoms with E-state index in [1.54, 1.807) is 13.3 Å². The van der Waals surface area contributed by atoms with Crippen LogP contribution in [0.2, 0.25) is 0 Å². The lowest BCUT2D eigenvalue weighted by Crippen LogP contribution is -2.21. The Kier molecular flexibility index (Phi) is 3.03. The van der Waals surface area contributed by atoms with Gasteiger partial charge in [0, 0.05) is 17.0 Å². The summed E-state index contributed by atoms with van der Waals surface area (Å²) < 4.78 is 5.26. The van der Waals surface area contributed by atoms with Gasteiger partial charge in [-0.2, -0.15) is 0 Å². The first-order valence-electron chi connectivity index (χ1n) is 5.62. The smallest absolute Gasteiger partial charge is 0.221 e. The molecular formula is C14H17NO2. The summed E-state index contributed by atoms with van der Waals surface area (Å²) in [7, 11) is 1.62. The fourth-order valence-electron chi connectivity index (χ4n) is 1.82. The Morgan fingerprint density at radius 1 is 1.29 bits per heavy atom. The number of nitrogens with zero attached hydrogens (tertiary/aromatic N) is 1. The van der Waals surface area contributed by atoms with E-state index in [0.717, 1.165) is 16.3 Å². The van der Waals surface area contributed by atoms with Gasteiger partial charge in [-0.05, 0) is 23.1 Å². The predicted molar refractivity (Wildman–Crippen MR) is 68.4 cm³/mol. The lowest BCUT2D eigenvalue weighted by Gasteiger charge is -2.22. The summed E-state index contributed by atoms with van der Waals surface area (Å²) in [6.45, 7) is 4.13. The highest BCUT2D eigenvalue weighted by Crippen LogP contribution is 2.29. The van der Waals surface area contributed by atoms with Crippen LogP contribution in [0.3, 0.4) is 0 Å². The summed E-state index contributed by atoms with van der Waals surface area (Å²) in [4.78, 5) is 4.19. The van der Waals surface area contributed by atoms with Crippen LogP contribution in [0.5, 0.6) is 5.88 Å². The Labute approximate surface area is 101 Å². The van der Waals surface area contributed by atoms with E-state index in [9.17, 15) is 5.11 Å². The molecule has 0 aliphatic carbocycles. The standard InChI is InChI=1S/C14H17NO2/c1-14(2,9-16)11-5-4-10-6-7-15-13(17-3)12(10)8-11/h4-8,16H,9H2,1-3H3. The monoisotopic (exact) mass is 231 g/mol. The van der Waals surface area contributed by atoms with Crippen LogP contribution in [0, 0.1) is 0 Å². The van der Waals surface area contributed by atoms with Crippen LogP contribution in [-0.4, -0.2) is 23.8 Å². The molecule has 0 saturated carbocycles. The molecule has 3 heteroatoms. The first-order valence-corrected chi connectivity index (χ1v) is 5.62. The number of hydrogen-bond donors (Lipinski definition) is 1. The Morgan fingerprint density at radius 3 is 2.71 bits per heavy atom. The van der Waals surface area contributed by atoms with Crippen LogP contribution < -0.4 is 4.74 Å². The van der Waals surface area contributed by atoms with Gasteiger partial charge in [0.1, 0.15) is 0 Å². The molecule has 0 radical (unpaired) electrons. The van der Waals surface area contributed by atoms with E-state index in [2.05, 4.69) is 4.98 Å². The number of benzene rings is 1. The summed E-state index contributed by atoms with van der Waals surface area (Å²) in [5.74, 6) is 0.623. The Morgan fingerprint density at radius 2 is 2.06 bits per heavy atom. The van der Waals surface area contributed by atoms with E-state index in [1.807, 2.05) is 38.1 Å². The summed E-state index contributed by atoms with van der Waals surface area (Å²) in [6, 6.07) is 8.06. The van der Waals surface area contributed by atoms with Gasteiger partial charge < -0.3 is 9.84 Å². The Bertz CT molecular complexity index is 535. The zero-order valence-corrected chi connectivity index (χ0v) is 10.4. The zero-order chi connectivity index (χ0) is 12.5. The lowest BCUT2D eigenvalue weighted by molar-refractivity contribution is 0.218. The average Bonchev–Trinajstić information content (AvgIpc) is 2.37. The molecule has 90 valence electrons. The number of methoxy groups -OCH3 is 1. The first-order chi connectivity index (χ1) is 8.08. The molecule has 2 aromatic rings. The largest absolute Gasteiger partial charge is 0.481 e. The Balaban J connectivity index is 2.64. The van der Waals surface area contributed by atoms with Gasteiger partial charge in [-0.1, -0.05) is 26.0 Å². The number of aliphatic hydroxyl groups excluding tert-OH is 1. The number of ether oxygens (including phenoxy) is 1. The maximum atomic E-state index is 9.40. The van der Waals surface area contributed by atoms with Gasteiger partial charge in [-0.15, -0.1) is 0 Å². The van der Waals surface area contributed by atoms with Gasteiger partial charge in [-0.3, -0.25) is 0 Å². The normalized spacial score (nSPS) is 11.8. The van der Waals surface area contributed by atoms with Crippen molar-refractivity contribution in [3.8, 4) is 5.88 Å². The number of fused-ring (bicyclic) bond motifs is 1. The minimum absolute atomic E-state index is 0.112. The topological polar surface area (TPSA) is 42.4 Å². The van der Waals surface area contributed by atoms with Crippen LogP contribution in [0.1, 0.15) is 19.4 Å². The van der Waals surface area contributed by atoms with E-state index in [4.69, 9.17) is 4.74 Å². The molecule has 0 spiro atoms. The van der Waals surface area contributed by atoms with Crippen molar-refractivity contribution in [3.05, 3.63) is 36.0 Å². The number of pyridine rings is 1. The van der Waals surface area contributed by atoms with Gasteiger partial charge in [0.15, 0.2) is 0 Å². The van der Waals surface area contributed by atoms with E-state index < -0.39 is 0 Å². The molecule has 0 amide bonds. The maximum absolute atomic E-state index is 9.40. The van der Waals surface area contributed by atoms with Crippen molar-refractivity contribution >= 4 is 10.8 Å². The summed E-state index contributed by atoms with van der Waals surface area (Å²) >= 11 is 0. The first kappa shape index (κ1) is 11.9. The third-order valence-corrected chi connectivity index (χ3v) is 3.10. The molecule has 0 aliphatic rings. The molecule has 1 aromatic carbocycles. The van der Waals surface area contributed by atoms with Crippen LogP contribution in [0.15, 0.2) is 30.5 Å². The predicted octanol–water partition coefficient (Wildman–Crippen LogP) is 2.51. The maximum Gasteiger partial charge on any atom is 0.221 e. The number of hydrogen-bond acceptors (Lipinski definition) is 3. The molecule has 1 aromatic heterocycles. The van der Waals surface area contributed by atoms with Crippen molar-refractivity contribution in [3.63, 3.8) is 0 Å². The Hall–Kier alpha value is -1.61. The molecule has 1 heterocycles. The van der Waals surface area contributed by atoms with E-state index in [-0.39, 0.29) is 12.0 Å². The highest BCUT2D eigenvalue weighted by atomic mass is 16.5. The lowest BCUT2D eigenvalue weighted by atomic mass is 9.85. The zero-order valence-electron chi connectivity index (χ0n) is 10.4. The summed E-state index contributed by atoms with van der Waals surface area (Å²) in [5.41, 5.74) is 0.827. The van der Waals surface area contributed by atoms with E-state index in [0.29, 0.717) is 5.88 Å². The second-order valence-corrected chi connectivity index (χ2v) is 4.80. The third-order valence-electron chi connectivity index (χ3n) is 3.10. The van der Waals surface area contributed by atoms with Crippen LogP contribution in [-0.2, 0) is 5.41 Å². The van der Waals surface area contributed by atoms with Crippen LogP contribution in [0.4, 0.5) is 0 Å². The summed E-state index contributed by atoms with van der Waals surface area (Å²) in [5, 5.41) is 11.5. The minimum Gasteiger partial charge on any atom is -0.481 e. The van der Waals surface area contributed by atoms with E-state index >= 15 is 0 Å². The van der Waals surface area contributed by atoms with Crippen molar-refractivity contribution in [2.45, 2.75) is 19.3 Å². The molecule has 0 bridgehead atoms. The van der Waals surface area contributed by atoms with Crippen molar-refractivity contribution in [2.24, 2.45) is 0 Å². The van der Waals surface area contributed by atoms with Gasteiger partial charge in [0.2, 0.25) is 5.88 Å². The van der Waals surface area contributed by atoms with Gasteiger partial charge in [0.25, 0.3) is 0 Å². The third kappa shape index (κ3) is 2.11. The molecular weight excluding hydrogens is 214 g/mol. The molecule has 17 heavy (non-hydrogen) atoms. The van der Waals surface area contributed by atoms with Crippen molar-refractivity contribution in [1.29, 1.82) is 0 Å². The number of rotatable bonds is 3. The average molecular weight is 231 g/mol. The molecule has 1 N–H and O–H groups in total. The van der Waals surface area contributed by atoms with Crippen molar-refractivity contribution < 1.29 is 9.84 Å². The van der Waals surface area contributed by atoms with Gasteiger partial charge >= 0.3 is 0 Å². The highest BCUT2D eigenvalue weighted by molar-refractivity contribution is 5.87. The molecule has 2 rings (SSSR count). The minimum atomic E-state index is -0.255. The molecule has 3 nitrogen and oxygen atoms in total. The SMILES string of the molecule is COc1nccc2ccc(C(C)(C)CO)cc12. The quantitative estimate of drug-likeness (QED) is 0.882. The summed E-state index contributed by atoms with van der Waals surface area (Å²) in [6.07, 6.45) is 1.73. The molecule has 0 saturated heterocycles. The number of aromatic nitrogens is 1. The fraction of sp³-hybridized carbons (Fsp3) is 0.357. The van der Waals surface area contributed by atoms with Crippen LogP contribution >= 0.6 is 0 Å². The molecule has 0 fully saturated rings. The fourth-order valence-corrected chi connectivity index (χ4v) is 1.82. The molecule has 0 unspecified atom stereocenters. The second-order valence-electron chi connectivity index (χ2n) is 4.80. The van der Waals surface area contributed by atoms with E-state index in [1.165, 1.54) is 0 Å². The number of aliphatic hydroxyl groups is 1.